The number of amides is 1. The second-order valence-corrected chi connectivity index (χ2v) is 17.4. The summed E-state index contributed by atoms with van der Waals surface area (Å²) in [6, 6.07) is -0.740. The summed E-state index contributed by atoms with van der Waals surface area (Å²) in [5.74, 6) is -0.310. The van der Waals surface area contributed by atoms with E-state index in [1.807, 2.05) is 6.08 Å². The Bertz CT molecular complexity index is 773. The molecule has 328 valence electrons. The van der Waals surface area contributed by atoms with E-state index in [9.17, 15) is 20.1 Å². The molecule has 0 saturated carbocycles. The second kappa shape index (κ2) is 45.8. The Morgan fingerprint density at radius 1 is 0.455 bits per heavy atom. The first kappa shape index (κ1) is 54.1. The molecule has 5 heteroatoms. The van der Waals surface area contributed by atoms with Gasteiger partial charge in [-0.25, -0.2) is 0 Å². The van der Waals surface area contributed by atoms with Crippen LogP contribution in [0, 0.1) is 0 Å². The monoisotopic (exact) mass is 778 g/mol. The van der Waals surface area contributed by atoms with Gasteiger partial charge in [-0.05, 0) is 19.3 Å². The summed E-state index contributed by atoms with van der Waals surface area (Å²) in [6.45, 7) is 4.24. The number of rotatable bonds is 46. The molecule has 0 rings (SSSR count). The Kier molecular flexibility index (Phi) is 45.0. The summed E-state index contributed by atoms with van der Waals surface area (Å²) in [4.78, 5) is 12.5. The van der Waals surface area contributed by atoms with Crippen LogP contribution in [0.15, 0.2) is 12.2 Å². The first-order valence-corrected chi connectivity index (χ1v) is 25.0. The van der Waals surface area contributed by atoms with Gasteiger partial charge in [0.15, 0.2) is 0 Å². The van der Waals surface area contributed by atoms with Gasteiger partial charge in [-0.3, -0.25) is 4.79 Å². The van der Waals surface area contributed by atoms with Crippen molar-refractivity contribution < 1.29 is 20.1 Å². The van der Waals surface area contributed by atoms with Gasteiger partial charge in [0.2, 0.25) is 5.91 Å². The van der Waals surface area contributed by atoms with Gasteiger partial charge in [-0.15, -0.1) is 0 Å². The smallest absolute Gasteiger partial charge is 0.222 e. The summed E-state index contributed by atoms with van der Waals surface area (Å²) < 4.78 is 0. The Hall–Kier alpha value is -0.910. The molecule has 0 aliphatic carbocycles. The van der Waals surface area contributed by atoms with Crippen LogP contribution in [-0.4, -0.2) is 46.1 Å². The summed E-state index contributed by atoms with van der Waals surface area (Å²) in [5.41, 5.74) is 0. The van der Waals surface area contributed by atoms with Crippen LogP contribution in [-0.2, 0) is 4.79 Å². The highest BCUT2D eigenvalue weighted by atomic mass is 16.3. The predicted molar refractivity (Wildman–Crippen MR) is 241 cm³/mol. The van der Waals surface area contributed by atoms with Crippen LogP contribution in [0.2, 0.25) is 0 Å². The van der Waals surface area contributed by atoms with Crippen molar-refractivity contribution in [2.24, 2.45) is 0 Å². The Balaban J connectivity index is 3.59. The third-order valence-corrected chi connectivity index (χ3v) is 11.8. The lowest BCUT2D eigenvalue weighted by atomic mass is 10.0. The van der Waals surface area contributed by atoms with Crippen molar-refractivity contribution in [1.29, 1.82) is 0 Å². The highest BCUT2D eigenvalue weighted by molar-refractivity contribution is 5.76. The van der Waals surface area contributed by atoms with Crippen LogP contribution < -0.4 is 5.32 Å². The fourth-order valence-electron chi connectivity index (χ4n) is 7.99. The normalized spacial score (nSPS) is 13.5. The molecule has 0 radical (unpaired) electrons. The highest BCUT2D eigenvalue weighted by Gasteiger charge is 2.20. The van der Waals surface area contributed by atoms with Gasteiger partial charge in [-0.2, -0.15) is 0 Å². The van der Waals surface area contributed by atoms with Crippen LogP contribution in [0.5, 0.6) is 0 Å². The number of hydrogen-bond acceptors (Lipinski definition) is 4. The molecular formula is C50H99NO4. The molecule has 3 atom stereocenters. The number of nitrogens with one attached hydrogen (secondary N) is 1. The molecule has 0 aromatic heterocycles. The van der Waals surface area contributed by atoms with Crippen LogP contribution in [0.3, 0.4) is 0 Å². The molecule has 0 aromatic carbocycles. The minimum atomic E-state index is -0.925. The van der Waals surface area contributed by atoms with E-state index in [1.165, 1.54) is 225 Å². The van der Waals surface area contributed by atoms with E-state index in [4.69, 9.17) is 0 Å². The minimum Gasteiger partial charge on any atom is -0.394 e. The molecule has 3 unspecified atom stereocenters. The molecule has 5 nitrogen and oxygen atoms in total. The first-order valence-electron chi connectivity index (χ1n) is 25.0. The molecule has 0 heterocycles. The zero-order valence-electron chi connectivity index (χ0n) is 37.3. The van der Waals surface area contributed by atoms with Gasteiger partial charge in [0.05, 0.1) is 31.3 Å². The first-order chi connectivity index (χ1) is 27.0. The lowest BCUT2D eigenvalue weighted by Gasteiger charge is -2.21. The number of aliphatic hydroxyl groups excluding tert-OH is 3. The summed E-state index contributed by atoms with van der Waals surface area (Å²) in [5, 5.41) is 33.4. The number of hydrogen-bond donors (Lipinski definition) is 4. The van der Waals surface area contributed by atoms with Crippen molar-refractivity contribution in [3.8, 4) is 0 Å². The van der Waals surface area contributed by atoms with E-state index in [2.05, 4.69) is 19.2 Å². The molecule has 0 bridgehead atoms. The molecule has 0 spiro atoms. The molecule has 0 saturated heterocycles. The average molecular weight is 778 g/mol. The minimum absolute atomic E-state index is 0.0192. The summed E-state index contributed by atoms with van der Waals surface area (Å²) in [6.07, 6.45) is 55.1. The number of allylic oxidation sites excluding steroid dienone is 1. The molecule has 4 N–H and O–H groups in total. The summed E-state index contributed by atoms with van der Waals surface area (Å²) in [7, 11) is 0. The van der Waals surface area contributed by atoms with Crippen LogP contribution in [0.1, 0.15) is 277 Å². The maximum Gasteiger partial charge on any atom is 0.222 e. The topological polar surface area (TPSA) is 89.8 Å². The van der Waals surface area contributed by atoms with Crippen LogP contribution in [0.25, 0.3) is 0 Å². The van der Waals surface area contributed by atoms with Crippen molar-refractivity contribution in [2.75, 3.05) is 6.61 Å². The number of carbonyl (C=O) groups is 1. The molecule has 55 heavy (non-hydrogen) atoms. The molecule has 1 amide bonds. The highest BCUT2D eigenvalue weighted by Crippen LogP contribution is 2.17. The van der Waals surface area contributed by atoms with Crippen molar-refractivity contribution in [1.82, 2.24) is 5.32 Å². The molecule has 0 aromatic rings. The Morgan fingerprint density at radius 2 is 0.745 bits per heavy atom. The van der Waals surface area contributed by atoms with E-state index in [1.54, 1.807) is 6.08 Å². The number of aliphatic hydroxyl groups is 3. The van der Waals surface area contributed by atoms with Crippen molar-refractivity contribution in [2.45, 2.75) is 295 Å². The summed E-state index contributed by atoms with van der Waals surface area (Å²) >= 11 is 0. The van der Waals surface area contributed by atoms with Crippen molar-refractivity contribution >= 4 is 5.91 Å². The van der Waals surface area contributed by atoms with E-state index >= 15 is 0 Å². The molecule has 0 aliphatic rings. The fraction of sp³-hybridized carbons (Fsp3) is 0.940. The molecular weight excluding hydrogens is 679 g/mol. The maximum atomic E-state index is 12.5. The third-order valence-electron chi connectivity index (χ3n) is 11.8. The number of unbranched alkanes of at least 4 members (excludes halogenated alkanes) is 37. The van der Waals surface area contributed by atoms with Crippen molar-refractivity contribution in [3.63, 3.8) is 0 Å². The van der Waals surface area contributed by atoms with Gasteiger partial charge in [-0.1, -0.05) is 264 Å². The average Bonchev–Trinajstić information content (AvgIpc) is 3.18. The van der Waals surface area contributed by atoms with Gasteiger partial charge < -0.3 is 20.6 Å². The zero-order valence-corrected chi connectivity index (χ0v) is 37.3. The van der Waals surface area contributed by atoms with Crippen LogP contribution >= 0.6 is 0 Å². The van der Waals surface area contributed by atoms with Gasteiger partial charge >= 0.3 is 0 Å². The van der Waals surface area contributed by atoms with Gasteiger partial charge in [0.25, 0.3) is 0 Å². The maximum absolute atomic E-state index is 12.5. The lowest BCUT2D eigenvalue weighted by Crippen LogP contribution is -2.45. The Morgan fingerprint density at radius 3 is 1.05 bits per heavy atom. The SMILES string of the molecule is CCCCCCCCCCCCCCCCCCCCC/C=C/C(O)C(CO)NC(=O)CC(O)CCCCCCCCCCCCCCCCCCCCC. The van der Waals surface area contributed by atoms with Gasteiger partial charge in [0.1, 0.15) is 0 Å². The van der Waals surface area contributed by atoms with E-state index in [0.29, 0.717) is 6.42 Å². The lowest BCUT2D eigenvalue weighted by molar-refractivity contribution is -0.124. The van der Waals surface area contributed by atoms with E-state index in [-0.39, 0.29) is 18.9 Å². The van der Waals surface area contributed by atoms with E-state index in [0.717, 1.165) is 25.7 Å². The standard InChI is InChI=1S/C50H99NO4/c1-3-5-7-9-11-13-15-17-19-21-23-24-26-28-30-32-34-36-38-40-42-44-49(54)48(46-52)51-50(55)45-47(53)43-41-39-37-35-33-31-29-27-25-22-20-18-16-14-12-10-8-6-4-2/h42,44,47-49,52-54H,3-41,43,45-46H2,1-2H3,(H,51,55)/b44-42+. The predicted octanol–water partition coefficient (Wildman–Crippen LogP) is 14.8. The van der Waals surface area contributed by atoms with Crippen LogP contribution in [0.4, 0.5) is 0 Å². The third kappa shape index (κ3) is 42.5. The van der Waals surface area contributed by atoms with Crippen molar-refractivity contribution in [3.05, 3.63) is 12.2 Å². The second-order valence-electron chi connectivity index (χ2n) is 17.4. The van der Waals surface area contributed by atoms with Gasteiger partial charge in [0, 0.05) is 0 Å². The van der Waals surface area contributed by atoms with E-state index < -0.39 is 18.2 Å². The molecule has 0 aliphatic heterocycles. The Labute approximate surface area is 344 Å². The fourth-order valence-corrected chi connectivity index (χ4v) is 7.99. The zero-order chi connectivity index (χ0) is 40.1. The quantitative estimate of drug-likeness (QED) is 0.0366. The largest absolute Gasteiger partial charge is 0.394 e. The molecule has 0 fully saturated rings. The number of carbonyl (C=O) groups excluding carboxylic acids is 1.